The predicted molar refractivity (Wildman–Crippen MR) is 106 cm³/mol. The van der Waals surface area contributed by atoms with Gasteiger partial charge in [0.2, 0.25) is 0 Å². The van der Waals surface area contributed by atoms with E-state index in [1.807, 2.05) is 41.2 Å². The van der Waals surface area contributed by atoms with Gasteiger partial charge in [-0.15, -0.1) is 0 Å². The van der Waals surface area contributed by atoms with Gasteiger partial charge in [0.25, 0.3) is 5.91 Å². The number of fused-ring (bicyclic) bond motifs is 1. The average molecular weight is 365 g/mol. The summed E-state index contributed by atoms with van der Waals surface area (Å²) < 4.78 is 7.21. The third-order valence-electron chi connectivity index (χ3n) is 4.84. The van der Waals surface area contributed by atoms with E-state index in [4.69, 9.17) is 10.5 Å². The first kappa shape index (κ1) is 17.5. The zero-order valence-corrected chi connectivity index (χ0v) is 15.1. The number of nitrogens with two attached hydrogens (primary N) is 1. The van der Waals surface area contributed by atoms with Crippen molar-refractivity contribution < 1.29 is 9.53 Å². The van der Waals surface area contributed by atoms with Crippen LogP contribution >= 0.6 is 0 Å². The van der Waals surface area contributed by atoms with Crippen LogP contribution in [-0.2, 0) is 11.3 Å². The van der Waals surface area contributed by atoms with E-state index >= 15 is 0 Å². The molecule has 2 aromatic carbocycles. The summed E-state index contributed by atoms with van der Waals surface area (Å²) in [5, 5.41) is 9.00. The molecule has 140 valence electrons. The summed E-state index contributed by atoms with van der Waals surface area (Å²) in [4.78, 5) is 15.1. The van der Waals surface area contributed by atoms with Crippen LogP contribution in [0.2, 0.25) is 0 Å². The van der Waals surface area contributed by atoms with Crippen LogP contribution in [0.15, 0.2) is 48.8 Å². The highest BCUT2D eigenvalue weighted by atomic mass is 16.5. The van der Waals surface area contributed by atoms with Crippen LogP contribution in [0.4, 0.5) is 11.4 Å². The molecule has 0 unspecified atom stereocenters. The molecule has 4 rings (SSSR count). The Morgan fingerprint density at radius 2 is 1.89 bits per heavy atom. The lowest BCUT2D eigenvalue weighted by atomic mass is 10.0. The van der Waals surface area contributed by atoms with E-state index in [1.54, 1.807) is 12.3 Å². The van der Waals surface area contributed by atoms with Crippen molar-refractivity contribution in [3.05, 3.63) is 54.4 Å². The summed E-state index contributed by atoms with van der Waals surface area (Å²) >= 11 is 0. The van der Waals surface area contributed by atoms with Crippen molar-refractivity contribution in [2.45, 2.75) is 6.54 Å². The zero-order valence-electron chi connectivity index (χ0n) is 15.1. The van der Waals surface area contributed by atoms with Gasteiger partial charge in [-0.05, 0) is 17.5 Å². The van der Waals surface area contributed by atoms with Gasteiger partial charge in [-0.3, -0.25) is 14.4 Å². The molecule has 7 heteroatoms. The summed E-state index contributed by atoms with van der Waals surface area (Å²) in [6.45, 7) is 5.18. The number of nitrogens with one attached hydrogen (secondary N) is 1. The Hall–Kier alpha value is -2.90. The number of morpholine rings is 1. The van der Waals surface area contributed by atoms with Crippen LogP contribution in [0.1, 0.15) is 10.4 Å². The Morgan fingerprint density at radius 1 is 1.11 bits per heavy atom. The number of nitrogen functional groups attached to an aromatic ring is 1. The number of anilines is 2. The summed E-state index contributed by atoms with van der Waals surface area (Å²) in [6.07, 6.45) is 3.54. The molecule has 0 bridgehead atoms. The third kappa shape index (κ3) is 3.94. The highest BCUT2D eigenvalue weighted by Gasteiger charge is 2.13. The third-order valence-corrected chi connectivity index (χ3v) is 4.84. The number of nitrogens with zero attached hydrogens (tertiary/aromatic N) is 3. The standard InChI is InChI=1S/C20H23N5O2/c21-19-6-2-3-16-17(19)4-1-5-18(16)20(26)23-15-13-22-25(14-15)8-7-24-9-11-27-12-10-24/h1-6,13-14H,7-12,21H2,(H,23,26). The van der Waals surface area contributed by atoms with Gasteiger partial charge in [0.15, 0.2) is 0 Å². The fraction of sp³-hybridized carbons (Fsp3) is 0.300. The largest absolute Gasteiger partial charge is 0.398 e. The molecule has 1 aromatic heterocycles. The number of hydrogen-bond donors (Lipinski definition) is 2. The molecule has 3 N–H and O–H groups in total. The molecule has 2 heterocycles. The van der Waals surface area contributed by atoms with Gasteiger partial charge >= 0.3 is 0 Å². The Kier molecular flexibility index (Phi) is 5.04. The average Bonchev–Trinajstić information content (AvgIpc) is 3.14. The first-order chi connectivity index (χ1) is 13.2. The smallest absolute Gasteiger partial charge is 0.256 e. The maximum atomic E-state index is 12.7. The minimum absolute atomic E-state index is 0.168. The van der Waals surface area contributed by atoms with Crippen molar-refractivity contribution in [3.63, 3.8) is 0 Å². The quantitative estimate of drug-likeness (QED) is 0.677. The normalized spacial score (nSPS) is 15.1. The van der Waals surface area contributed by atoms with E-state index < -0.39 is 0 Å². The van der Waals surface area contributed by atoms with E-state index in [0.717, 1.165) is 50.2 Å². The van der Waals surface area contributed by atoms with Crippen LogP contribution in [0, 0.1) is 0 Å². The van der Waals surface area contributed by atoms with Gasteiger partial charge in [-0.1, -0.05) is 24.3 Å². The second-order valence-corrected chi connectivity index (χ2v) is 6.65. The Morgan fingerprint density at radius 3 is 2.74 bits per heavy atom. The highest BCUT2D eigenvalue weighted by molar-refractivity contribution is 6.14. The summed E-state index contributed by atoms with van der Waals surface area (Å²) in [6, 6.07) is 11.2. The van der Waals surface area contributed by atoms with Crippen molar-refractivity contribution in [1.82, 2.24) is 14.7 Å². The lowest BCUT2D eigenvalue weighted by molar-refractivity contribution is 0.0360. The number of amides is 1. The molecule has 0 atom stereocenters. The Bertz CT molecular complexity index is 946. The number of carbonyl (C=O) groups is 1. The molecule has 0 aliphatic carbocycles. The van der Waals surface area contributed by atoms with E-state index in [0.29, 0.717) is 16.9 Å². The lowest BCUT2D eigenvalue weighted by Gasteiger charge is -2.26. The van der Waals surface area contributed by atoms with Gasteiger partial charge in [0, 0.05) is 42.5 Å². The first-order valence-corrected chi connectivity index (χ1v) is 9.12. The van der Waals surface area contributed by atoms with Crippen LogP contribution < -0.4 is 11.1 Å². The second-order valence-electron chi connectivity index (χ2n) is 6.65. The topological polar surface area (TPSA) is 85.4 Å². The SMILES string of the molecule is Nc1cccc2c(C(=O)Nc3cnn(CCN4CCOCC4)c3)cccc12. The maximum Gasteiger partial charge on any atom is 0.256 e. The van der Waals surface area contributed by atoms with E-state index in [1.165, 1.54) is 0 Å². The molecule has 0 radical (unpaired) electrons. The minimum Gasteiger partial charge on any atom is -0.398 e. The number of hydrogen-bond acceptors (Lipinski definition) is 5. The van der Waals surface area contributed by atoms with Crippen molar-refractivity contribution in [1.29, 1.82) is 0 Å². The van der Waals surface area contributed by atoms with Gasteiger partial charge in [-0.2, -0.15) is 5.10 Å². The van der Waals surface area contributed by atoms with Crippen molar-refractivity contribution in [2.24, 2.45) is 0 Å². The van der Waals surface area contributed by atoms with Crippen LogP contribution in [-0.4, -0.2) is 53.4 Å². The fourth-order valence-corrected chi connectivity index (χ4v) is 3.35. The predicted octanol–water partition coefficient (Wildman–Crippen LogP) is 2.20. The number of rotatable bonds is 5. The molecule has 3 aromatic rings. The van der Waals surface area contributed by atoms with Crippen molar-refractivity contribution >= 4 is 28.1 Å². The summed E-state index contributed by atoms with van der Waals surface area (Å²) in [5.41, 5.74) is 7.97. The maximum absolute atomic E-state index is 12.7. The number of ether oxygens (including phenoxy) is 1. The van der Waals surface area contributed by atoms with Gasteiger partial charge in [-0.25, -0.2) is 0 Å². The molecule has 1 saturated heterocycles. The molecule has 0 saturated carbocycles. The molecule has 1 fully saturated rings. The van der Waals surface area contributed by atoms with Gasteiger partial charge in [0.05, 0.1) is 31.6 Å². The Balaban J connectivity index is 1.43. The zero-order chi connectivity index (χ0) is 18.6. The van der Waals surface area contributed by atoms with Crippen LogP contribution in [0.3, 0.4) is 0 Å². The second kappa shape index (κ2) is 7.77. The van der Waals surface area contributed by atoms with E-state index in [2.05, 4.69) is 15.3 Å². The number of aromatic nitrogens is 2. The molecule has 7 nitrogen and oxygen atoms in total. The molecule has 1 amide bonds. The summed E-state index contributed by atoms with van der Waals surface area (Å²) in [7, 11) is 0. The number of carbonyl (C=O) groups excluding carboxylic acids is 1. The highest BCUT2D eigenvalue weighted by Crippen LogP contribution is 2.24. The fourth-order valence-electron chi connectivity index (χ4n) is 3.35. The molecule has 0 spiro atoms. The molecular formula is C20H23N5O2. The minimum atomic E-state index is -0.168. The molecule has 1 aliphatic heterocycles. The molecular weight excluding hydrogens is 342 g/mol. The Labute approximate surface area is 157 Å². The van der Waals surface area contributed by atoms with Gasteiger partial charge < -0.3 is 15.8 Å². The number of benzene rings is 2. The molecule has 1 aliphatic rings. The first-order valence-electron chi connectivity index (χ1n) is 9.12. The van der Waals surface area contributed by atoms with E-state index in [9.17, 15) is 4.79 Å². The van der Waals surface area contributed by atoms with Crippen LogP contribution in [0.5, 0.6) is 0 Å². The van der Waals surface area contributed by atoms with Crippen molar-refractivity contribution in [2.75, 3.05) is 43.9 Å². The monoisotopic (exact) mass is 365 g/mol. The van der Waals surface area contributed by atoms with Crippen LogP contribution in [0.25, 0.3) is 10.8 Å². The summed E-state index contributed by atoms with van der Waals surface area (Å²) in [5.74, 6) is -0.168. The van der Waals surface area contributed by atoms with Crippen molar-refractivity contribution in [3.8, 4) is 0 Å². The van der Waals surface area contributed by atoms with E-state index in [-0.39, 0.29) is 5.91 Å². The van der Waals surface area contributed by atoms with Gasteiger partial charge in [0.1, 0.15) is 0 Å². The molecule has 27 heavy (non-hydrogen) atoms. The lowest BCUT2D eigenvalue weighted by Crippen LogP contribution is -2.38.